The summed E-state index contributed by atoms with van der Waals surface area (Å²) in [6.45, 7) is 4.60. The molecule has 1 aromatic rings. The van der Waals surface area contributed by atoms with Gasteiger partial charge in [0, 0.05) is 11.7 Å². The van der Waals surface area contributed by atoms with E-state index >= 15 is 0 Å². The van der Waals surface area contributed by atoms with Gasteiger partial charge in [-0.3, -0.25) is 0 Å². The van der Waals surface area contributed by atoms with Crippen LogP contribution in [0.25, 0.3) is 0 Å². The Morgan fingerprint density at radius 1 is 1.25 bits per heavy atom. The maximum absolute atomic E-state index is 3.73. The lowest BCUT2D eigenvalue weighted by Crippen LogP contribution is -2.26. The predicted octanol–water partition coefficient (Wildman–Crippen LogP) is 4.24. The fourth-order valence-corrected chi connectivity index (χ4v) is 2.75. The number of benzene rings is 1. The summed E-state index contributed by atoms with van der Waals surface area (Å²) in [5, 5.41) is 3.73. The van der Waals surface area contributed by atoms with E-state index in [0.29, 0.717) is 6.04 Å². The summed E-state index contributed by atoms with van der Waals surface area (Å²) in [6.07, 6.45) is 6.58. The molecule has 1 nitrogen and oxygen atoms in total. The van der Waals surface area contributed by atoms with Gasteiger partial charge in [-0.2, -0.15) is 0 Å². The lowest BCUT2D eigenvalue weighted by molar-refractivity contribution is 0.358. The van der Waals surface area contributed by atoms with Gasteiger partial charge in [-0.25, -0.2) is 0 Å². The van der Waals surface area contributed by atoms with Crippen LogP contribution >= 0.6 is 0 Å². The average Bonchev–Trinajstić information content (AvgIpc) is 2.30. The van der Waals surface area contributed by atoms with Crippen molar-refractivity contribution in [2.75, 3.05) is 5.32 Å². The molecule has 0 heterocycles. The normalized spacial score (nSPS) is 25.4. The number of rotatable bonds is 3. The number of hydrogen-bond donors (Lipinski definition) is 1. The summed E-state index contributed by atoms with van der Waals surface area (Å²) in [5.74, 6) is 0.889. The molecule has 0 bridgehead atoms. The van der Waals surface area contributed by atoms with Crippen molar-refractivity contribution in [2.45, 2.75) is 52.0 Å². The highest BCUT2D eigenvalue weighted by Crippen LogP contribution is 2.27. The summed E-state index contributed by atoms with van der Waals surface area (Å²) >= 11 is 0. The summed E-state index contributed by atoms with van der Waals surface area (Å²) in [5.41, 5.74) is 2.80. The molecular formula is C15H23N. The van der Waals surface area contributed by atoms with Gasteiger partial charge in [0.05, 0.1) is 0 Å². The van der Waals surface area contributed by atoms with Crippen molar-refractivity contribution in [3.8, 4) is 0 Å². The molecule has 0 saturated heterocycles. The van der Waals surface area contributed by atoms with Crippen LogP contribution in [0, 0.1) is 5.92 Å². The first-order chi connectivity index (χ1) is 7.79. The third-order valence-electron chi connectivity index (χ3n) is 3.69. The Morgan fingerprint density at radius 3 is 2.81 bits per heavy atom. The van der Waals surface area contributed by atoms with Gasteiger partial charge in [0.25, 0.3) is 0 Å². The second-order valence-corrected chi connectivity index (χ2v) is 5.12. The minimum atomic E-state index is 0.691. The van der Waals surface area contributed by atoms with E-state index in [-0.39, 0.29) is 0 Å². The van der Waals surface area contributed by atoms with Crippen LogP contribution in [0.2, 0.25) is 0 Å². The molecule has 2 atom stereocenters. The smallest absolute Gasteiger partial charge is 0.0374 e. The second-order valence-electron chi connectivity index (χ2n) is 5.12. The van der Waals surface area contributed by atoms with Crippen LogP contribution in [0.15, 0.2) is 24.3 Å². The van der Waals surface area contributed by atoms with Crippen molar-refractivity contribution < 1.29 is 0 Å². The van der Waals surface area contributed by atoms with Gasteiger partial charge in [0.15, 0.2) is 0 Å². The highest BCUT2D eigenvalue weighted by molar-refractivity contribution is 5.51. The molecule has 0 amide bonds. The average molecular weight is 217 g/mol. The highest BCUT2D eigenvalue weighted by atomic mass is 14.9. The van der Waals surface area contributed by atoms with Crippen LogP contribution in [0.4, 0.5) is 5.69 Å². The zero-order valence-corrected chi connectivity index (χ0v) is 10.5. The van der Waals surface area contributed by atoms with E-state index < -0.39 is 0 Å². The first-order valence-electron chi connectivity index (χ1n) is 6.64. The third kappa shape index (κ3) is 2.78. The molecule has 1 aromatic carbocycles. The summed E-state index contributed by atoms with van der Waals surface area (Å²) in [7, 11) is 0. The molecule has 1 aliphatic carbocycles. The molecule has 0 radical (unpaired) electrons. The number of aryl methyl sites for hydroxylation is 1. The quantitative estimate of drug-likeness (QED) is 0.798. The maximum atomic E-state index is 3.73. The number of anilines is 1. The van der Waals surface area contributed by atoms with Gasteiger partial charge >= 0.3 is 0 Å². The minimum absolute atomic E-state index is 0.691. The number of nitrogens with one attached hydrogen (secondary N) is 1. The van der Waals surface area contributed by atoms with Crippen LogP contribution in [0.3, 0.4) is 0 Å². The van der Waals surface area contributed by atoms with E-state index in [1.54, 1.807) is 0 Å². The largest absolute Gasteiger partial charge is 0.382 e. The SMILES string of the molecule is CCc1ccccc1NC1CCCC(C)C1. The summed E-state index contributed by atoms with van der Waals surface area (Å²) in [4.78, 5) is 0. The van der Waals surface area contributed by atoms with Crippen molar-refractivity contribution in [1.29, 1.82) is 0 Å². The molecule has 1 N–H and O–H groups in total. The molecule has 1 heteroatoms. The van der Waals surface area contributed by atoms with Crippen molar-refractivity contribution in [1.82, 2.24) is 0 Å². The molecule has 0 aliphatic heterocycles. The first-order valence-corrected chi connectivity index (χ1v) is 6.64. The van der Waals surface area contributed by atoms with Crippen LogP contribution in [0.5, 0.6) is 0 Å². The predicted molar refractivity (Wildman–Crippen MR) is 70.9 cm³/mol. The Morgan fingerprint density at radius 2 is 2.06 bits per heavy atom. The molecule has 1 fully saturated rings. The molecule has 0 spiro atoms. The first kappa shape index (κ1) is 11.5. The number of hydrogen-bond acceptors (Lipinski definition) is 1. The summed E-state index contributed by atoms with van der Waals surface area (Å²) < 4.78 is 0. The molecule has 1 aliphatic rings. The van der Waals surface area contributed by atoms with Gasteiger partial charge in [0.2, 0.25) is 0 Å². The fourth-order valence-electron chi connectivity index (χ4n) is 2.75. The molecular weight excluding hydrogens is 194 g/mol. The molecule has 0 aromatic heterocycles. The van der Waals surface area contributed by atoms with Gasteiger partial charge in [-0.15, -0.1) is 0 Å². The maximum Gasteiger partial charge on any atom is 0.0374 e. The Hall–Kier alpha value is -0.980. The Kier molecular flexibility index (Phi) is 3.87. The molecule has 16 heavy (non-hydrogen) atoms. The van der Waals surface area contributed by atoms with E-state index in [1.807, 2.05) is 0 Å². The van der Waals surface area contributed by atoms with Crippen LogP contribution in [0.1, 0.15) is 45.1 Å². The van der Waals surface area contributed by atoms with E-state index in [0.717, 1.165) is 12.3 Å². The molecule has 88 valence electrons. The van der Waals surface area contributed by atoms with Gasteiger partial charge in [-0.05, 0) is 36.8 Å². The minimum Gasteiger partial charge on any atom is -0.382 e. The fraction of sp³-hybridized carbons (Fsp3) is 0.600. The van der Waals surface area contributed by atoms with Crippen molar-refractivity contribution in [3.63, 3.8) is 0 Å². The molecule has 2 unspecified atom stereocenters. The summed E-state index contributed by atoms with van der Waals surface area (Å²) in [6, 6.07) is 9.41. The Labute approximate surface area is 99.3 Å². The Balaban J connectivity index is 2.02. The monoisotopic (exact) mass is 217 g/mol. The zero-order chi connectivity index (χ0) is 11.4. The van der Waals surface area contributed by atoms with Crippen LogP contribution in [-0.4, -0.2) is 6.04 Å². The van der Waals surface area contributed by atoms with Gasteiger partial charge in [-0.1, -0.05) is 44.9 Å². The second kappa shape index (κ2) is 5.38. The molecule has 2 rings (SSSR count). The van der Waals surface area contributed by atoms with Crippen molar-refractivity contribution in [3.05, 3.63) is 29.8 Å². The van der Waals surface area contributed by atoms with Crippen molar-refractivity contribution in [2.24, 2.45) is 5.92 Å². The van der Waals surface area contributed by atoms with Gasteiger partial charge in [0.1, 0.15) is 0 Å². The lowest BCUT2D eigenvalue weighted by Gasteiger charge is -2.29. The van der Waals surface area contributed by atoms with E-state index in [2.05, 4.69) is 43.4 Å². The lowest BCUT2D eigenvalue weighted by atomic mass is 9.87. The topological polar surface area (TPSA) is 12.0 Å². The third-order valence-corrected chi connectivity index (χ3v) is 3.69. The van der Waals surface area contributed by atoms with E-state index in [1.165, 1.54) is 36.9 Å². The van der Waals surface area contributed by atoms with Gasteiger partial charge < -0.3 is 5.32 Å². The van der Waals surface area contributed by atoms with E-state index in [4.69, 9.17) is 0 Å². The zero-order valence-electron chi connectivity index (χ0n) is 10.5. The van der Waals surface area contributed by atoms with Crippen LogP contribution < -0.4 is 5.32 Å². The Bertz CT molecular complexity index is 332. The molecule has 1 saturated carbocycles. The van der Waals surface area contributed by atoms with E-state index in [9.17, 15) is 0 Å². The van der Waals surface area contributed by atoms with Crippen molar-refractivity contribution >= 4 is 5.69 Å². The number of para-hydroxylation sites is 1. The van der Waals surface area contributed by atoms with Crippen LogP contribution in [-0.2, 0) is 6.42 Å². The standard InChI is InChI=1S/C15H23N/c1-3-13-8-4-5-10-15(13)16-14-9-6-7-12(2)11-14/h4-5,8,10,12,14,16H,3,6-7,9,11H2,1-2H3. The highest BCUT2D eigenvalue weighted by Gasteiger charge is 2.18.